The predicted molar refractivity (Wildman–Crippen MR) is 79.7 cm³/mol. The molecule has 0 unspecified atom stereocenters. The number of imidazole rings is 1. The van der Waals surface area contributed by atoms with Crippen LogP contribution in [0.4, 0.5) is 5.95 Å². The maximum absolute atomic E-state index is 6.02. The van der Waals surface area contributed by atoms with Gasteiger partial charge in [-0.05, 0) is 12.1 Å². The predicted octanol–water partition coefficient (Wildman–Crippen LogP) is 2.47. The van der Waals surface area contributed by atoms with Crippen LogP contribution in [0.1, 0.15) is 5.76 Å². The summed E-state index contributed by atoms with van der Waals surface area (Å²) >= 11 is 0. The summed E-state index contributed by atoms with van der Waals surface area (Å²) in [6, 6.07) is 7.53. The Morgan fingerprint density at radius 1 is 1.24 bits per heavy atom. The number of hydrogen-bond acceptors (Lipinski definition) is 5. The Morgan fingerprint density at radius 2 is 2.00 bits per heavy atom. The first-order valence-electron chi connectivity index (χ1n) is 6.63. The van der Waals surface area contributed by atoms with Crippen LogP contribution in [0.15, 0.2) is 34.9 Å². The fourth-order valence-corrected chi connectivity index (χ4v) is 2.38. The number of nitrogens with zero attached hydrogens (tertiary/aromatic N) is 2. The highest BCUT2D eigenvalue weighted by Gasteiger charge is 2.13. The number of benzene rings is 1. The quantitative estimate of drug-likeness (QED) is 0.780. The van der Waals surface area contributed by atoms with E-state index in [1.165, 1.54) is 0 Å². The Morgan fingerprint density at radius 3 is 2.67 bits per heavy atom. The smallest absolute Gasteiger partial charge is 0.201 e. The van der Waals surface area contributed by atoms with Crippen LogP contribution in [0.2, 0.25) is 0 Å². The molecule has 0 fully saturated rings. The highest BCUT2D eigenvalue weighted by molar-refractivity contribution is 5.82. The fraction of sp³-hybridized carbons (Fsp3) is 0.267. The van der Waals surface area contributed by atoms with Crippen LogP contribution in [0, 0.1) is 0 Å². The number of rotatable bonds is 5. The van der Waals surface area contributed by atoms with Gasteiger partial charge in [-0.25, -0.2) is 4.98 Å². The third-order valence-corrected chi connectivity index (χ3v) is 3.44. The van der Waals surface area contributed by atoms with Crippen molar-refractivity contribution in [2.24, 2.45) is 0 Å². The van der Waals surface area contributed by atoms with Crippen molar-refractivity contribution in [2.45, 2.75) is 13.0 Å². The van der Waals surface area contributed by atoms with Crippen LogP contribution < -0.4 is 15.2 Å². The second-order valence-electron chi connectivity index (χ2n) is 4.65. The van der Waals surface area contributed by atoms with Crippen LogP contribution in [-0.4, -0.2) is 23.8 Å². The number of hydrogen-bond donors (Lipinski definition) is 1. The number of anilines is 1. The molecule has 21 heavy (non-hydrogen) atoms. The highest BCUT2D eigenvalue weighted by atomic mass is 16.5. The van der Waals surface area contributed by atoms with E-state index < -0.39 is 0 Å². The molecule has 0 atom stereocenters. The van der Waals surface area contributed by atoms with Crippen molar-refractivity contribution in [3.8, 4) is 11.5 Å². The standard InChI is InChI=1S/C15H17N3O3/c1-19-13-8-11-12(9-14(13)20-2)18(15(16)17-11)6-5-10-4-3-7-21-10/h3-4,7-9H,5-6H2,1-2H3,(H2,16,17). The minimum atomic E-state index is 0.465. The molecule has 0 aliphatic rings. The number of ether oxygens (including phenoxy) is 2. The molecule has 1 aromatic carbocycles. The minimum absolute atomic E-state index is 0.465. The van der Waals surface area contributed by atoms with Gasteiger partial charge in [-0.2, -0.15) is 0 Å². The van der Waals surface area contributed by atoms with Gasteiger partial charge in [-0.15, -0.1) is 0 Å². The first-order chi connectivity index (χ1) is 10.2. The van der Waals surface area contributed by atoms with Gasteiger partial charge in [0.2, 0.25) is 5.95 Å². The normalized spacial score (nSPS) is 11.0. The van der Waals surface area contributed by atoms with Gasteiger partial charge in [0.05, 0.1) is 31.5 Å². The SMILES string of the molecule is COc1cc2nc(N)n(CCc3ccco3)c2cc1OC. The van der Waals surface area contributed by atoms with E-state index in [-0.39, 0.29) is 0 Å². The first kappa shape index (κ1) is 13.4. The Bertz CT molecular complexity index is 747. The summed E-state index contributed by atoms with van der Waals surface area (Å²) in [7, 11) is 3.21. The van der Waals surface area contributed by atoms with E-state index in [4.69, 9.17) is 19.6 Å². The molecule has 2 aromatic heterocycles. The van der Waals surface area contributed by atoms with Gasteiger partial charge in [0.1, 0.15) is 5.76 Å². The molecule has 3 rings (SSSR count). The van der Waals surface area contributed by atoms with E-state index >= 15 is 0 Å². The van der Waals surface area contributed by atoms with Crippen LogP contribution in [-0.2, 0) is 13.0 Å². The van der Waals surface area contributed by atoms with E-state index in [0.717, 1.165) is 23.2 Å². The number of aromatic nitrogens is 2. The molecule has 3 aromatic rings. The Balaban J connectivity index is 1.99. The van der Waals surface area contributed by atoms with Gasteiger partial charge < -0.3 is 24.2 Å². The first-order valence-corrected chi connectivity index (χ1v) is 6.63. The summed E-state index contributed by atoms with van der Waals surface area (Å²) in [6.07, 6.45) is 2.41. The molecule has 0 saturated carbocycles. The number of nitrogen functional groups attached to an aromatic ring is 1. The minimum Gasteiger partial charge on any atom is -0.493 e. The molecule has 2 heterocycles. The van der Waals surface area contributed by atoms with Crippen LogP contribution in [0.3, 0.4) is 0 Å². The number of aryl methyl sites for hydroxylation is 2. The number of nitrogens with two attached hydrogens (primary N) is 1. The van der Waals surface area contributed by atoms with Crippen molar-refractivity contribution in [1.82, 2.24) is 9.55 Å². The molecule has 0 aliphatic heterocycles. The zero-order chi connectivity index (χ0) is 14.8. The van der Waals surface area contributed by atoms with Crippen LogP contribution >= 0.6 is 0 Å². The fourth-order valence-electron chi connectivity index (χ4n) is 2.38. The molecule has 110 valence electrons. The third-order valence-electron chi connectivity index (χ3n) is 3.44. The summed E-state index contributed by atoms with van der Waals surface area (Å²) in [5, 5.41) is 0. The van der Waals surface area contributed by atoms with Crippen molar-refractivity contribution in [3.05, 3.63) is 36.3 Å². The summed E-state index contributed by atoms with van der Waals surface area (Å²) < 4.78 is 17.9. The summed E-state index contributed by atoms with van der Waals surface area (Å²) in [6.45, 7) is 0.686. The number of fused-ring (bicyclic) bond motifs is 1. The van der Waals surface area contributed by atoms with E-state index in [9.17, 15) is 0 Å². The molecule has 6 nitrogen and oxygen atoms in total. The van der Waals surface area contributed by atoms with Crippen molar-refractivity contribution in [3.63, 3.8) is 0 Å². The van der Waals surface area contributed by atoms with Gasteiger partial charge in [0.15, 0.2) is 11.5 Å². The highest BCUT2D eigenvalue weighted by Crippen LogP contribution is 2.33. The van der Waals surface area contributed by atoms with Gasteiger partial charge >= 0.3 is 0 Å². The molecule has 0 saturated heterocycles. The zero-order valence-electron chi connectivity index (χ0n) is 12.0. The Kier molecular flexibility index (Phi) is 3.43. The largest absolute Gasteiger partial charge is 0.493 e. The monoisotopic (exact) mass is 287 g/mol. The van der Waals surface area contributed by atoms with E-state index in [2.05, 4.69) is 4.98 Å². The molecule has 6 heteroatoms. The van der Waals surface area contributed by atoms with Crippen molar-refractivity contribution >= 4 is 17.0 Å². The van der Waals surface area contributed by atoms with E-state index in [1.807, 2.05) is 28.8 Å². The summed E-state index contributed by atoms with van der Waals surface area (Å²) in [5.41, 5.74) is 7.71. The van der Waals surface area contributed by atoms with Gasteiger partial charge in [-0.3, -0.25) is 0 Å². The molecule has 2 N–H and O–H groups in total. The molecular formula is C15H17N3O3. The molecule has 0 spiro atoms. The average molecular weight is 287 g/mol. The molecular weight excluding hydrogens is 270 g/mol. The Hall–Kier alpha value is -2.63. The van der Waals surface area contributed by atoms with Crippen LogP contribution in [0.25, 0.3) is 11.0 Å². The van der Waals surface area contributed by atoms with Crippen molar-refractivity contribution in [2.75, 3.05) is 20.0 Å². The lowest BCUT2D eigenvalue weighted by Gasteiger charge is -2.09. The van der Waals surface area contributed by atoms with Crippen molar-refractivity contribution in [1.29, 1.82) is 0 Å². The molecule has 0 bridgehead atoms. The van der Waals surface area contributed by atoms with Gasteiger partial charge in [0.25, 0.3) is 0 Å². The number of methoxy groups -OCH3 is 2. The lowest BCUT2D eigenvalue weighted by Crippen LogP contribution is -2.05. The molecule has 0 amide bonds. The molecule has 0 aliphatic carbocycles. The summed E-state index contributed by atoms with van der Waals surface area (Å²) in [5.74, 6) is 2.67. The van der Waals surface area contributed by atoms with Crippen molar-refractivity contribution < 1.29 is 13.9 Å². The van der Waals surface area contributed by atoms with Crippen LogP contribution in [0.5, 0.6) is 11.5 Å². The lowest BCUT2D eigenvalue weighted by molar-refractivity contribution is 0.355. The lowest BCUT2D eigenvalue weighted by atomic mass is 10.2. The van der Waals surface area contributed by atoms with E-state index in [0.29, 0.717) is 24.0 Å². The second-order valence-corrected chi connectivity index (χ2v) is 4.65. The topological polar surface area (TPSA) is 75.4 Å². The third kappa shape index (κ3) is 2.40. The average Bonchev–Trinajstić information content (AvgIpc) is 3.10. The molecule has 0 radical (unpaired) electrons. The second kappa shape index (κ2) is 5.40. The Labute approximate surface area is 122 Å². The maximum atomic E-state index is 6.02. The zero-order valence-corrected chi connectivity index (χ0v) is 12.0. The maximum Gasteiger partial charge on any atom is 0.201 e. The van der Waals surface area contributed by atoms with Gasteiger partial charge in [0, 0.05) is 25.1 Å². The van der Waals surface area contributed by atoms with E-state index in [1.54, 1.807) is 20.5 Å². The number of furan rings is 1. The van der Waals surface area contributed by atoms with Gasteiger partial charge in [-0.1, -0.05) is 0 Å². The summed E-state index contributed by atoms with van der Waals surface area (Å²) in [4.78, 5) is 4.37.